The van der Waals surface area contributed by atoms with Crippen LogP contribution in [0.3, 0.4) is 0 Å². The van der Waals surface area contributed by atoms with Gasteiger partial charge in [-0.1, -0.05) is 41.4 Å². The van der Waals surface area contributed by atoms with Crippen LogP contribution in [0.1, 0.15) is 16.8 Å². The Labute approximate surface area is 151 Å². The second kappa shape index (κ2) is 8.25. The molecule has 2 heterocycles. The van der Waals surface area contributed by atoms with Crippen molar-refractivity contribution in [3.63, 3.8) is 0 Å². The molecule has 122 valence electrons. The van der Waals surface area contributed by atoms with Gasteiger partial charge in [-0.3, -0.25) is 14.9 Å². The SMILES string of the molecule is Clc1ccc(CN(Cc2cccnc2)Cc2ccccn2)cc1Cl. The van der Waals surface area contributed by atoms with Crippen LogP contribution < -0.4 is 0 Å². The van der Waals surface area contributed by atoms with Gasteiger partial charge in [0.05, 0.1) is 15.7 Å². The van der Waals surface area contributed by atoms with E-state index in [1.54, 1.807) is 6.20 Å². The van der Waals surface area contributed by atoms with Crippen molar-refractivity contribution in [3.05, 3.63) is 94.0 Å². The zero-order valence-corrected chi connectivity index (χ0v) is 14.6. The van der Waals surface area contributed by atoms with E-state index in [-0.39, 0.29) is 0 Å². The van der Waals surface area contributed by atoms with E-state index in [2.05, 4.69) is 20.9 Å². The van der Waals surface area contributed by atoms with Crippen LogP contribution in [0.15, 0.2) is 67.1 Å². The lowest BCUT2D eigenvalue weighted by atomic mass is 10.2. The molecule has 0 amide bonds. The highest BCUT2D eigenvalue weighted by Gasteiger charge is 2.10. The number of halogens is 2. The summed E-state index contributed by atoms with van der Waals surface area (Å²) in [4.78, 5) is 10.9. The molecule has 0 fully saturated rings. The fourth-order valence-corrected chi connectivity index (χ4v) is 2.86. The second-order valence-electron chi connectivity index (χ2n) is 5.58. The first-order chi connectivity index (χ1) is 11.7. The third-order valence-electron chi connectivity index (χ3n) is 3.63. The van der Waals surface area contributed by atoms with Crippen molar-refractivity contribution in [1.29, 1.82) is 0 Å². The highest BCUT2D eigenvalue weighted by atomic mass is 35.5. The van der Waals surface area contributed by atoms with Gasteiger partial charge in [-0.05, 0) is 41.5 Å². The Morgan fingerprint density at radius 2 is 1.67 bits per heavy atom. The van der Waals surface area contributed by atoms with Crippen molar-refractivity contribution in [2.24, 2.45) is 0 Å². The van der Waals surface area contributed by atoms with Crippen molar-refractivity contribution in [3.8, 4) is 0 Å². The molecule has 3 aromatic rings. The first-order valence-electron chi connectivity index (χ1n) is 7.66. The third kappa shape index (κ3) is 4.78. The van der Waals surface area contributed by atoms with Crippen molar-refractivity contribution in [2.45, 2.75) is 19.6 Å². The summed E-state index contributed by atoms with van der Waals surface area (Å²) in [6.45, 7) is 2.28. The minimum atomic E-state index is 0.573. The Balaban J connectivity index is 1.79. The van der Waals surface area contributed by atoms with E-state index in [1.165, 1.54) is 0 Å². The summed E-state index contributed by atoms with van der Waals surface area (Å²) in [7, 11) is 0. The molecule has 0 aliphatic carbocycles. The predicted molar refractivity (Wildman–Crippen MR) is 97.9 cm³/mol. The number of aromatic nitrogens is 2. The van der Waals surface area contributed by atoms with Crippen molar-refractivity contribution in [2.75, 3.05) is 0 Å². The van der Waals surface area contributed by atoms with Crippen LogP contribution in [0, 0.1) is 0 Å². The molecule has 3 nitrogen and oxygen atoms in total. The first-order valence-corrected chi connectivity index (χ1v) is 8.41. The van der Waals surface area contributed by atoms with Crippen LogP contribution >= 0.6 is 23.2 Å². The predicted octanol–water partition coefficient (Wildman–Crippen LogP) is 4.99. The molecule has 0 saturated heterocycles. The van der Waals surface area contributed by atoms with Gasteiger partial charge in [0.1, 0.15) is 0 Å². The quantitative estimate of drug-likeness (QED) is 0.622. The lowest BCUT2D eigenvalue weighted by Crippen LogP contribution is -2.23. The summed E-state index contributed by atoms with van der Waals surface area (Å²) in [5.74, 6) is 0. The average Bonchev–Trinajstić information content (AvgIpc) is 2.60. The summed E-state index contributed by atoms with van der Waals surface area (Å²) in [6, 6.07) is 15.7. The van der Waals surface area contributed by atoms with Gasteiger partial charge in [-0.25, -0.2) is 0 Å². The Morgan fingerprint density at radius 3 is 2.38 bits per heavy atom. The van der Waals surface area contributed by atoms with E-state index in [9.17, 15) is 0 Å². The molecule has 0 spiro atoms. The van der Waals surface area contributed by atoms with Gasteiger partial charge in [0.25, 0.3) is 0 Å². The van der Waals surface area contributed by atoms with Gasteiger partial charge in [0, 0.05) is 38.2 Å². The lowest BCUT2D eigenvalue weighted by Gasteiger charge is -2.22. The minimum Gasteiger partial charge on any atom is -0.289 e. The molecule has 1 aromatic carbocycles. The van der Waals surface area contributed by atoms with Crippen molar-refractivity contribution >= 4 is 23.2 Å². The van der Waals surface area contributed by atoms with Crippen LogP contribution in [0.5, 0.6) is 0 Å². The topological polar surface area (TPSA) is 29.0 Å². The molecule has 0 unspecified atom stereocenters. The molecule has 5 heteroatoms. The highest BCUT2D eigenvalue weighted by molar-refractivity contribution is 6.42. The van der Waals surface area contributed by atoms with E-state index in [4.69, 9.17) is 23.2 Å². The molecule has 0 saturated carbocycles. The van der Waals surface area contributed by atoms with Crippen molar-refractivity contribution in [1.82, 2.24) is 14.9 Å². The molecule has 3 rings (SSSR count). The van der Waals surface area contributed by atoms with Crippen LogP contribution in [-0.2, 0) is 19.6 Å². The lowest BCUT2D eigenvalue weighted by molar-refractivity contribution is 0.244. The Bertz CT molecular complexity index is 738. The largest absolute Gasteiger partial charge is 0.289 e. The molecule has 2 aromatic heterocycles. The molecule has 0 bridgehead atoms. The maximum Gasteiger partial charge on any atom is 0.0595 e. The van der Waals surface area contributed by atoms with Crippen LogP contribution in [0.2, 0.25) is 10.0 Å². The van der Waals surface area contributed by atoms with Gasteiger partial charge in [-0.15, -0.1) is 0 Å². The second-order valence-corrected chi connectivity index (χ2v) is 6.39. The van der Waals surface area contributed by atoms with Gasteiger partial charge in [-0.2, -0.15) is 0 Å². The van der Waals surface area contributed by atoms with E-state index in [1.807, 2.05) is 54.9 Å². The van der Waals surface area contributed by atoms with E-state index in [0.29, 0.717) is 10.0 Å². The molecular weight excluding hydrogens is 341 g/mol. The van der Waals surface area contributed by atoms with Gasteiger partial charge < -0.3 is 0 Å². The van der Waals surface area contributed by atoms with E-state index in [0.717, 1.165) is 36.5 Å². The normalized spacial score (nSPS) is 11.0. The number of rotatable bonds is 6. The monoisotopic (exact) mass is 357 g/mol. The maximum absolute atomic E-state index is 6.14. The minimum absolute atomic E-state index is 0.573. The fourth-order valence-electron chi connectivity index (χ4n) is 2.53. The number of pyridine rings is 2. The van der Waals surface area contributed by atoms with Crippen LogP contribution in [-0.4, -0.2) is 14.9 Å². The third-order valence-corrected chi connectivity index (χ3v) is 4.37. The van der Waals surface area contributed by atoms with E-state index < -0.39 is 0 Å². The molecule has 24 heavy (non-hydrogen) atoms. The van der Waals surface area contributed by atoms with Gasteiger partial charge in [0.15, 0.2) is 0 Å². The molecule has 0 aliphatic heterocycles. The summed E-state index contributed by atoms with van der Waals surface area (Å²) in [5.41, 5.74) is 3.30. The number of hydrogen-bond acceptors (Lipinski definition) is 3. The van der Waals surface area contributed by atoms with Crippen LogP contribution in [0.25, 0.3) is 0 Å². The molecule has 0 N–H and O–H groups in total. The van der Waals surface area contributed by atoms with Gasteiger partial charge >= 0.3 is 0 Å². The fraction of sp³-hybridized carbons (Fsp3) is 0.158. The first kappa shape index (κ1) is 16.9. The van der Waals surface area contributed by atoms with Crippen molar-refractivity contribution < 1.29 is 0 Å². The zero-order valence-electron chi connectivity index (χ0n) is 13.1. The summed E-state index contributed by atoms with van der Waals surface area (Å²) < 4.78 is 0. The number of benzene rings is 1. The number of hydrogen-bond donors (Lipinski definition) is 0. The average molecular weight is 358 g/mol. The van der Waals surface area contributed by atoms with Gasteiger partial charge in [0.2, 0.25) is 0 Å². The van der Waals surface area contributed by atoms with Crippen LogP contribution in [0.4, 0.5) is 0 Å². The highest BCUT2D eigenvalue weighted by Crippen LogP contribution is 2.24. The standard InChI is InChI=1S/C19H17Cl2N3/c20-18-7-6-15(10-19(18)21)12-24(13-16-4-3-8-22-11-16)14-17-5-1-2-9-23-17/h1-11H,12-14H2. The maximum atomic E-state index is 6.14. The molecule has 0 atom stereocenters. The summed E-state index contributed by atoms with van der Waals surface area (Å²) in [5, 5.41) is 1.15. The Morgan fingerprint density at radius 1 is 0.792 bits per heavy atom. The molecule has 0 aliphatic rings. The number of nitrogens with zero attached hydrogens (tertiary/aromatic N) is 3. The molecular formula is C19H17Cl2N3. The summed E-state index contributed by atoms with van der Waals surface area (Å²) in [6.07, 6.45) is 5.49. The summed E-state index contributed by atoms with van der Waals surface area (Å²) >= 11 is 12.2. The zero-order chi connectivity index (χ0) is 16.8. The molecule has 0 radical (unpaired) electrons. The smallest absolute Gasteiger partial charge is 0.0595 e. The Hall–Kier alpha value is -1.94. The van der Waals surface area contributed by atoms with E-state index >= 15 is 0 Å². The Kier molecular flexibility index (Phi) is 5.81.